The van der Waals surface area contributed by atoms with Gasteiger partial charge in [0.2, 0.25) is 0 Å². The van der Waals surface area contributed by atoms with Crippen LogP contribution in [0.4, 0.5) is 17.1 Å². The highest BCUT2D eigenvalue weighted by Gasteiger charge is 2.22. The molecule has 0 radical (unpaired) electrons. The Labute approximate surface area is 155 Å². The second-order valence-corrected chi connectivity index (χ2v) is 8.65. The van der Waals surface area contributed by atoms with Gasteiger partial charge in [-0.25, -0.2) is 8.42 Å². The van der Waals surface area contributed by atoms with Crippen LogP contribution in [0.15, 0.2) is 58.4 Å². The normalized spacial score (nSPS) is 15.0. The zero-order valence-electron chi connectivity index (χ0n) is 15.1. The van der Waals surface area contributed by atoms with E-state index in [9.17, 15) is 8.42 Å². The van der Waals surface area contributed by atoms with Crippen molar-refractivity contribution in [2.24, 2.45) is 10.9 Å². The number of hydrogen-bond acceptors (Lipinski definition) is 4. The van der Waals surface area contributed by atoms with Gasteiger partial charge in [0.05, 0.1) is 22.0 Å². The van der Waals surface area contributed by atoms with Gasteiger partial charge in [0.1, 0.15) is 0 Å². The molecule has 1 fully saturated rings. The molecule has 2 aromatic rings. The molecule has 26 heavy (non-hydrogen) atoms. The largest absolute Gasteiger partial charge is 0.383 e. The Morgan fingerprint density at radius 3 is 2.50 bits per heavy atom. The van der Waals surface area contributed by atoms with E-state index in [4.69, 9.17) is 0 Å². The number of nitrogens with zero attached hydrogens (tertiary/aromatic N) is 2. The molecule has 6 heteroatoms. The fraction of sp³-hybridized carbons (Fsp3) is 0.350. The van der Waals surface area contributed by atoms with E-state index in [-0.39, 0.29) is 4.90 Å². The Hall–Kier alpha value is -2.34. The maximum Gasteiger partial charge on any atom is 0.264 e. The second-order valence-electron chi connectivity index (χ2n) is 6.68. The highest BCUT2D eigenvalue weighted by atomic mass is 32.2. The van der Waals surface area contributed by atoms with Crippen molar-refractivity contribution in [1.29, 1.82) is 0 Å². The van der Waals surface area contributed by atoms with Crippen LogP contribution in [0, 0.1) is 5.92 Å². The van der Waals surface area contributed by atoms with Crippen LogP contribution in [0.5, 0.6) is 0 Å². The smallest absolute Gasteiger partial charge is 0.264 e. The first-order valence-corrected chi connectivity index (χ1v) is 10.3. The number of nitrogens with one attached hydrogen (secondary N) is 1. The molecule has 3 rings (SSSR count). The second kappa shape index (κ2) is 7.91. The van der Waals surface area contributed by atoms with E-state index < -0.39 is 10.0 Å². The highest BCUT2D eigenvalue weighted by Crippen LogP contribution is 2.33. The molecule has 5 nitrogen and oxygen atoms in total. The summed E-state index contributed by atoms with van der Waals surface area (Å²) >= 11 is 0. The predicted octanol–water partition coefficient (Wildman–Crippen LogP) is 4.45. The van der Waals surface area contributed by atoms with E-state index in [2.05, 4.69) is 17.0 Å². The summed E-state index contributed by atoms with van der Waals surface area (Å²) in [5.41, 5.74) is 2.11. The first-order chi connectivity index (χ1) is 12.5. The summed E-state index contributed by atoms with van der Waals surface area (Å²) in [4.78, 5) is 4.34. The van der Waals surface area contributed by atoms with Crippen LogP contribution in [0.1, 0.15) is 25.7 Å². The number of sulfonamides is 1. The van der Waals surface area contributed by atoms with Gasteiger partial charge in [-0.2, -0.15) is 0 Å². The molecule has 1 N–H and O–H groups in total. The molecule has 0 aromatic heterocycles. The van der Waals surface area contributed by atoms with Crippen molar-refractivity contribution in [3.8, 4) is 0 Å². The lowest BCUT2D eigenvalue weighted by molar-refractivity contribution is 0.580. The molecule has 0 aliphatic heterocycles. The molecule has 0 amide bonds. The quantitative estimate of drug-likeness (QED) is 0.732. The van der Waals surface area contributed by atoms with Gasteiger partial charge in [-0.3, -0.25) is 9.30 Å². The fourth-order valence-corrected chi connectivity index (χ4v) is 4.56. The van der Waals surface area contributed by atoms with Crippen molar-refractivity contribution in [1.82, 2.24) is 0 Å². The van der Waals surface area contributed by atoms with Crippen molar-refractivity contribution < 1.29 is 8.42 Å². The molecule has 0 atom stereocenters. The third-order valence-corrected chi connectivity index (χ3v) is 6.77. The Bertz CT molecular complexity index is 860. The lowest BCUT2D eigenvalue weighted by atomic mass is 10.1. The monoisotopic (exact) mass is 371 g/mol. The topological polar surface area (TPSA) is 61.8 Å². The van der Waals surface area contributed by atoms with Crippen molar-refractivity contribution >= 4 is 33.8 Å². The van der Waals surface area contributed by atoms with Crippen LogP contribution in [0.3, 0.4) is 0 Å². The molecule has 0 bridgehead atoms. The van der Waals surface area contributed by atoms with E-state index in [0.717, 1.165) is 12.2 Å². The number of aliphatic imine (C=N–C) groups is 1. The van der Waals surface area contributed by atoms with E-state index in [1.165, 1.54) is 30.0 Å². The third-order valence-electron chi connectivity index (χ3n) is 4.97. The van der Waals surface area contributed by atoms with Crippen molar-refractivity contribution in [3.63, 3.8) is 0 Å². The van der Waals surface area contributed by atoms with Crippen LogP contribution in [-0.4, -0.2) is 28.7 Å². The minimum absolute atomic E-state index is 0.263. The van der Waals surface area contributed by atoms with Gasteiger partial charge in [0.25, 0.3) is 10.0 Å². The summed E-state index contributed by atoms with van der Waals surface area (Å²) in [7, 11) is -2.05. The van der Waals surface area contributed by atoms with Crippen LogP contribution >= 0.6 is 0 Å². The Kier molecular flexibility index (Phi) is 5.61. The Morgan fingerprint density at radius 2 is 1.85 bits per heavy atom. The standard InChI is InChI=1S/C20H25N3O2S/c1-21-20-14-17(12-13-19(20)22-15-16-8-6-7-9-16)23(2)26(24,25)18-10-4-3-5-11-18/h3-5,10-14,16,22H,1,6-9,15H2,2H3. The molecule has 1 aliphatic carbocycles. The minimum Gasteiger partial charge on any atom is -0.383 e. The average molecular weight is 372 g/mol. The van der Waals surface area contributed by atoms with Gasteiger partial charge in [0.15, 0.2) is 0 Å². The van der Waals surface area contributed by atoms with Crippen molar-refractivity contribution in [2.75, 3.05) is 23.2 Å². The predicted molar refractivity (Wildman–Crippen MR) is 108 cm³/mol. The molecule has 0 spiro atoms. The number of rotatable bonds is 7. The number of anilines is 2. The molecule has 1 saturated carbocycles. The SMILES string of the molecule is C=Nc1cc(N(C)S(=O)(=O)c2ccccc2)ccc1NCC1CCCC1. The molecule has 138 valence electrons. The zero-order valence-corrected chi connectivity index (χ0v) is 15.9. The third kappa shape index (κ3) is 3.90. The molecule has 1 aliphatic rings. The summed E-state index contributed by atoms with van der Waals surface area (Å²) < 4.78 is 26.8. The lowest BCUT2D eigenvalue weighted by Gasteiger charge is -2.21. The van der Waals surface area contributed by atoms with Gasteiger partial charge < -0.3 is 5.32 Å². The summed E-state index contributed by atoms with van der Waals surface area (Å²) in [5, 5.41) is 3.44. The van der Waals surface area contributed by atoms with Crippen LogP contribution in [0.2, 0.25) is 0 Å². The first-order valence-electron chi connectivity index (χ1n) is 8.91. The molecular weight excluding hydrogens is 346 g/mol. The van der Waals surface area contributed by atoms with Gasteiger partial charge in [-0.05, 0) is 55.8 Å². The summed E-state index contributed by atoms with van der Waals surface area (Å²) in [5.74, 6) is 0.702. The summed E-state index contributed by atoms with van der Waals surface area (Å²) in [6.07, 6.45) is 5.14. The molecule has 0 saturated heterocycles. The van der Waals surface area contributed by atoms with E-state index in [1.807, 2.05) is 6.07 Å². The van der Waals surface area contributed by atoms with Gasteiger partial charge >= 0.3 is 0 Å². The van der Waals surface area contributed by atoms with E-state index in [0.29, 0.717) is 17.3 Å². The summed E-state index contributed by atoms with van der Waals surface area (Å²) in [6, 6.07) is 13.8. The van der Waals surface area contributed by atoms with Gasteiger partial charge in [-0.15, -0.1) is 0 Å². The lowest BCUT2D eigenvalue weighted by Crippen LogP contribution is -2.26. The van der Waals surface area contributed by atoms with E-state index >= 15 is 0 Å². The molecular formula is C20H25N3O2S. The first kappa shape index (κ1) is 18.5. The van der Waals surface area contributed by atoms with Gasteiger partial charge in [-0.1, -0.05) is 31.0 Å². The van der Waals surface area contributed by atoms with E-state index in [1.54, 1.807) is 49.5 Å². The number of benzene rings is 2. The summed E-state index contributed by atoms with van der Waals surface area (Å²) in [6.45, 7) is 4.55. The average Bonchev–Trinajstić information content (AvgIpc) is 3.20. The van der Waals surface area contributed by atoms with Crippen molar-refractivity contribution in [3.05, 3.63) is 48.5 Å². The molecule has 0 unspecified atom stereocenters. The maximum absolute atomic E-state index is 12.8. The fourth-order valence-electron chi connectivity index (χ4n) is 3.35. The molecule has 2 aromatic carbocycles. The van der Waals surface area contributed by atoms with Crippen molar-refractivity contribution in [2.45, 2.75) is 30.6 Å². The molecule has 0 heterocycles. The number of hydrogen-bond donors (Lipinski definition) is 1. The highest BCUT2D eigenvalue weighted by molar-refractivity contribution is 7.92. The van der Waals surface area contributed by atoms with Crippen LogP contribution in [0.25, 0.3) is 0 Å². The van der Waals surface area contributed by atoms with Crippen LogP contribution in [-0.2, 0) is 10.0 Å². The Balaban J connectivity index is 1.80. The maximum atomic E-state index is 12.8. The Morgan fingerprint density at radius 1 is 1.15 bits per heavy atom. The van der Waals surface area contributed by atoms with Gasteiger partial charge in [0, 0.05) is 13.6 Å². The zero-order chi connectivity index (χ0) is 18.6. The van der Waals surface area contributed by atoms with Crippen LogP contribution < -0.4 is 9.62 Å². The minimum atomic E-state index is -3.60.